The molecule has 4 nitrogen and oxygen atoms in total. The van der Waals surface area contributed by atoms with Gasteiger partial charge in [0.05, 0.1) is 6.54 Å². The van der Waals surface area contributed by atoms with Crippen LogP contribution in [-0.2, 0) is 11.3 Å². The molecule has 1 unspecified atom stereocenters. The van der Waals surface area contributed by atoms with E-state index in [0.29, 0.717) is 12.6 Å². The van der Waals surface area contributed by atoms with Gasteiger partial charge >= 0.3 is 0 Å². The maximum absolute atomic E-state index is 12.0. The standard InChI is InChI=1S/C16H25N3O.ClH/c1-14-8-9-18(16(20)12-17-2)10-11-19(14)13-15-6-4-3-5-7-15;/h3-7,14,17H,8-13H2,1-2H3;1H. The molecule has 0 aromatic heterocycles. The summed E-state index contributed by atoms with van der Waals surface area (Å²) >= 11 is 0. The molecule has 0 aliphatic carbocycles. The van der Waals surface area contributed by atoms with Crippen LogP contribution in [0.25, 0.3) is 0 Å². The van der Waals surface area contributed by atoms with Crippen LogP contribution in [0.4, 0.5) is 0 Å². The average Bonchev–Trinajstić information content (AvgIpc) is 2.63. The fourth-order valence-corrected chi connectivity index (χ4v) is 2.67. The summed E-state index contributed by atoms with van der Waals surface area (Å²) in [7, 11) is 1.82. The van der Waals surface area contributed by atoms with Crippen molar-refractivity contribution in [3.63, 3.8) is 0 Å². The Morgan fingerprint density at radius 1 is 1.24 bits per heavy atom. The van der Waals surface area contributed by atoms with Crippen molar-refractivity contribution in [3.05, 3.63) is 35.9 Å². The molecule has 1 saturated heterocycles. The molecule has 2 rings (SSSR count). The normalized spacial score (nSPS) is 19.7. The number of nitrogens with zero attached hydrogens (tertiary/aromatic N) is 2. The van der Waals surface area contributed by atoms with Crippen molar-refractivity contribution in [2.75, 3.05) is 33.2 Å². The molecule has 1 atom stereocenters. The van der Waals surface area contributed by atoms with Crippen LogP contribution in [0.1, 0.15) is 18.9 Å². The lowest BCUT2D eigenvalue weighted by Crippen LogP contribution is -2.39. The number of halogens is 1. The first-order chi connectivity index (χ1) is 9.70. The van der Waals surface area contributed by atoms with Crippen LogP contribution >= 0.6 is 12.4 Å². The quantitative estimate of drug-likeness (QED) is 0.920. The molecule has 0 spiro atoms. The maximum atomic E-state index is 12.0. The van der Waals surface area contributed by atoms with E-state index in [2.05, 4.69) is 41.4 Å². The molecule has 0 bridgehead atoms. The van der Waals surface area contributed by atoms with Crippen molar-refractivity contribution in [2.24, 2.45) is 0 Å². The van der Waals surface area contributed by atoms with Gasteiger partial charge in [0, 0.05) is 32.2 Å². The second-order valence-electron chi connectivity index (χ2n) is 5.50. The fourth-order valence-electron chi connectivity index (χ4n) is 2.67. The van der Waals surface area contributed by atoms with E-state index in [-0.39, 0.29) is 18.3 Å². The SMILES string of the molecule is CNCC(=O)N1CCC(C)N(Cc2ccccc2)CC1.Cl. The summed E-state index contributed by atoms with van der Waals surface area (Å²) < 4.78 is 0. The van der Waals surface area contributed by atoms with Gasteiger partial charge in [0.15, 0.2) is 0 Å². The first-order valence-electron chi connectivity index (χ1n) is 7.41. The lowest BCUT2D eigenvalue weighted by Gasteiger charge is -2.26. The summed E-state index contributed by atoms with van der Waals surface area (Å²) in [5, 5.41) is 2.94. The Kier molecular flexibility index (Phi) is 7.72. The summed E-state index contributed by atoms with van der Waals surface area (Å²) in [6, 6.07) is 11.1. The number of hydrogen-bond donors (Lipinski definition) is 1. The van der Waals surface area contributed by atoms with Gasteiger partial charge in [0.25, 0.3) is 0 Å². The minimum absolute atomic E-state index is 0. The molecule has 1 aliphatic heterocycles. The van der Waals surface area contributed by atoms with E-state index in [1.165, 1.54) is 5.56 Å². The number of rotatable bonds is 4. The molecule has 0 saturated carbocycles. The van der Waals surface area contributed by atoms with E-state index in [9.17, 15) is 4.79 Å². The van der Waals surface area contributed by atoms with Crippen LogP contribution in [0, 0.1) is 0 Å². The third-order valence-electron chi connectivity index (χ3n) is 4.01. The first-order valence-corrected chi connectivity index (χ1v) is 7.41. The van der Waals surface area contributed by atoms with Crippen molar-refractivity contribution in [3.8, 4) is 0 Å². The molecule has 118 valence electrons. The topological polar surface area (TPSA) is 35.6 Å². The molecular weight excluding hydrogens is 286 g/mol. The molecule has 0 radical (unpaired) electrons. The van der Waals surface area contributed by atoms with E-state index in [1.807, 2.05) is 18.0 Å². The Morgan fingerprint density at radius 3 is 2.62 bits per heavy atom. The summed E-state index contributed by atoms with van der Waals surface area (Å²) in [5.41, 5.74) is 1.34. The highest BCUT2D eigenvalue weighted by molar-refractivity contribution is 5.85. The third kappa shape index (κ3) is 5.30. The molecule has 5 heteroatoms. The van der Waals surface area contributed by atoms with Crippen LogP contribution in [0.5, 0.6) is 0 Å². The zero-order valence-electron chi connectivity index (χ0n) is 12.9. The molecule has 1 heterocycles. The second-order valence-corrected chi connectivity index (χ2v) is 5.50. The highest BCUT2D eigenvalue weighted by atomic mass is 35.5. The second kappa shape index (κ2) is 9.03. The van der Waals surface area contributed by atoms with Gasteiger partial charge in [-0.3, -0.25) is 9.69 Å². The van der Waals surface area contributed by atoms with E-state index < -0.39 is 0 Å². The molecule has 1 fully saturated rings. The monoisotopic (exact) mass is 311 g/mol. The molecule has 1 aromatic rings. The summed E-state index contributed by atoms with van der Waals surface area (Å²) in [4.78, 5) is 16.4. The fraction of sp³-hybridized carbons (Fsp3) is 0.562. The van der Waals surface area contributed by atoms with Gasteiger partial charge < -0.3 is 10.2 Å². The molecular formula is C16H26ClN3O. The van der Waals surface area contributed by atoms with E-state index in [0.717, 1.165) is 32.6 Å². The lowest BCUT2D eigenvalue weighted by molar-refractivity contribution is -0.130. The Bertz CT molecular complexity index is 427. The summed E-state index contributed by atoms with van der Waals surface area (Å²) in [5.74, 6) is 0.210. The van der Waals surface area contributed by atoms with Gasteiger partial charge in [-0.25, -0.2) is 0 Å². The lowest BCUT2D eigenvalue weighted by atomic mass is 10.1. The zero-order valence-corrected chi connectivity index (χ0v) is 13.7. The number of hydrogen-bond acceptors (Lipinski definition) is 3. The molecule has 1 aromatic carbocycles. The molecule has 1 amide bonds. The van der Waals surface area contributed by atoms with Gasteiger partial charge in [-0.05, 0) is 26.0 Å². The van der Waals surface area contributed by atoms with Crippen molar-refractivity contribution in [1.29, 1.82) is 0 Å². The largest absolute Gasteiger partial charge is 0.340 e. The van der Waals surface area contributed by atoms with Crippen LogP contribution in [0.2, 0.25) is 0 Å². The van der Waals surface area contributed by atoms with Crippen molar-refractivity contribution in [1.82, 2.24) is 15.1 Å². The zero-order chi connectivity index (χ0) is 14.4. The number of benzene rings is 1. The predicted octanol–water partition coefficient (Wildman–Crippen LogP) is 1.75. The minimum atomic E-state index is 0. The van der Waals surface area contributed by atoms with Crippen LogP contribution in [-0.4, -0.2) is 55.0 Å². The number of carbonyl (C=O) groups is 1. The molecule has 1 aliphatic rings. The van der Waals surface area contributed by atoms with Crippen molar-refractivity contribution in [2.45, 2.75) is 25.9 Å². The Labute approximate surface area is 133 Å². The number of carbonyl (C=O) groups excluding carboxylic acids is 1. The van der Waals surface area contributed by atoms with E-state index in [1.54, 1.807) is 0 Å². The highest BCUT2D eigenvalue weighted by Crippen LogP contribution is 2.14. The van der Waals surface area contributed by atoms with Gasteiger partial charge in [0.1, 0.15) is 0 Å². The molecule has 21 heavy (non-hydrogen) atoms. The highest BCUT2D eigenvalue weighted by Gasteiger charge is 2.23. The third-order valence-corrected chi connectivity index (χ3v) is 4.01. The van der Waals surface area contributed by atoms with Gasteiger partial charge in [-0.1, -0.05) is 30.3 Å². The van der Waals surface area contributed by atoms with Gasteiger partial charge in [-0.15, -0.1) is 12.4 Å². The average molecular weight is 312 g/mol. The maximum Gasteiger partial charge on any atom is 0.236 e. The van der Waals surface area contributed by atoms with E-state index >= 15 is 0 Å². The summed E-state index contributed by atoms with van der Waals surface area (Å²) in [6.45, 7) is 6.31. The number of nitrogens with one attached hydrogen (secondary N) is 1. The van der Waals surface area contributed by atoms with Crippen LogP contribution < -0.4 is 5.32 Å². The van der Waals surface area contributed by atoms with Crippen molar-refractivity contribution >= 4 is 18.3 Å². The predicted molar refractivity (Wildman–Crippen MR) is 88.7 cm³/mol. The number of amides is 1. The van der Waals surface area contributed by atoms with Crippen LogP contribution in [0.15, 0.2) is 30.3 Å². The Hall–Kier alpha value is -1.10. The van der Waals surface area contributed by atoms with E-state index in [4.69, 9.17) is 0 Å². The van der Waals surface area contributed by atoms with Gasteiger partial charge in [-0.2, -0.15) is 0 Å². The van der Waals surface area contributed by atoms with Crippen LogP contribution in [0.3, 0.4) is 0 Å². The summed E-state index contributed by atoms with van der Waals surface area (Å²) in [6.07, 6.45) is 1.04. The Balaban J connectivity index is 0.00000220. The first kappa shape index (κ1) is 18.0. The van der Waals surface area contributed by atoms with Crippen molar-refractivity contribution < 1.29 is 4.79 Å². The number of likely N-dealkylation sites (N-methyl/N-ethyl adjacent to an activating group) is 1. The Morgan fingerprint density at radius 2 is 1.95 bits per heavy atom. The smallest absolute Gasteiger partial charge is 0.236 e. The van der Waals surface area contributed by atoms with Gasteiger partial charge in [0.2, 0.25) is 5.91 Å². The molecule has 1 N–H and O–H groups in total. The minimum Gasteiger partial charge on any atom is -0.340 e.